The van der Waals surface area contributed by atoms with Gasteiger partial charge in [-0.3, -0.25) is 0 Å². The lowest BCUT2D eigenvalue weighted by molar-refractivity contribution is -0.145. The number of benzene rings is 1. The summed E-state index contributed by atoms with van der Waals surface area (Å²) in [6, 6.07) is 5.04. The van der Waals surface area contributed by atoms with Crippen molar-refractivity contribution in [2.45, 2.75) is 18.9 Å². The summed E-state index contributed by atoms with van der Waals surface area (Å²) in [5.41, 5.74) is 1.09. The molecule has 4 nitrogen and oxygen atoms in total. The van der Waals surface area contributed by atoms with Crippen molar-refractivity contribution in [3.63, 3.8) is 0 Å². The molecule has 0 saturated heterocycles. The van der Waals surface area contributed by atoms with Crippen LogP contribution in [0.25, 0.3) is 0 Å². The first-order valence-corrected chi connectivity index (χ1v) is 4.74. The number of methoxy groups -OCH3 is 1. The molecule has 1 aliphatic rings. The van der Waals surface area contributed by atoms with E-state index in [1.165, 1.54) is 7.11 Å². The van der Waals surface area contributed by atoms with Crippen molar-refractivity contribution in [3.05, 3.63) is 23.8 Å². The van der Waals surface area contributed by atoms with Crippen LogP contribution >= 0.6 is 0 Å². The fourth-order valence-corrected chi connectivity index (χ4v) is 1.91. The molecular weight excluding hydrogens is 194 g/mol. The largest absolute Gasteiger partial charge is 0.508 e. The molecule has 0 bridgehead atoms. The fraction of sp³-hybridized carbons (Fsp3) is 0.364. The first-order valence-electron chi connectivity index (χ1n) is 4.74. The number of esters is 1. The summed E-state index contributed by atoms with van der Waals surface area (Å²) in [4.78, 5) is 11.5. The molecular formula is C11H13NO3. The van der Waals surface area contributed by atoms with Crippen LogP contribution in [0.15, 0.2) is 18.2 Å². The maximum atomic E-state index is 11.5. The van der Waals surface area contributed by atoms with Gasteiger partial charge < -0.3 is 15.2 Å². The molecule has 0 fully saturated rings. The van der Waals surface area contributed by atoms with Gasteiger partial charge in [-0.05, 0) is 18.6 Å². The molecule has 1 aliphatic heterocycles. The molecule has 1 unspecified atom stereocenters. The highest BCUT2D eigenvalue weighted by Gasteiger charge is 2.40. The van der Waals surface area contributed by atoms with Gasteiger partial charge in [0, 0.05) is 18.2 Å². The van der Waals surface area contributed by atoms with Gasteiger partial charge in [0.1, 0.15) is 11.3 Å². The van der Waals surface area contributed by atoms with Gasteiger partial charge in [0.15, 0.2) is 0 Å². The zero-order valence-electron chi connectivity index (χ0n) is 8.70. The number of phenolic OH excluding ortho intramolecular Hbond substituents is 1. The smallest absolute Gasteiger partial charge is 0.331 e. The van der Waals surface area contributed by atoms with Crippen LogP contribution in [0, 0.1) is 0 Å². The van der Waals surface area contributed by atoms with Crippen molar-refractivity contribution in [1.29, 1.82) is 0 Å². The van der Waals surface area contributed by atoms with E-state index in [2.05, 4.69) is 5.32 Å². The van der Waals surface area contributed by atoms with Crippen molar-refractivity contribution in [2.24, 2.45) is 0 Å². The monoisotopic (exact) mass is 207 g/mol. The molecule has 0 radical (unpaired) electrons. The molecule has 0 amide bonds. The lowest BCUT2D eigenvalue weighted by Gasteiger charge is -2.21. The first kappa shape index (κ1) is 9.83. The van der Waals surface area contributed by atoms with Gasteiger partial charge in [0.25, 0.3) is 0 Å². The third-order valence-electron chi connectivity index (χ3n) is 2.68. The number of phenols is 1. The second-order valence-corrected chi connectivity index (χ2v) is 3.97. The van der Waals surface area contributed by atoms with Crippen LogP contribution in [0.4, 0.5) is 5.69 Å². The number of ether oxygens (including phenoxy) is 1. The minimum atomic E-state index is -0.717. The van der Waals surface area contributed by atoms with Crippen molar-refractivity contribution >= 4 is 11.7 Å². The molecule has 2 N–H and O–H groups in total. The van der Waals surface area contributed by atoms with Gasteiger partial charge in [-0.2, -0.15) is 0 Å². The maximum absolute atomic E-state index is 11.5. The number of nitrogens with one attached hydrogen (secondary N) is 1. The number of carbonyl (C=O) groups is 1. The summed E-state index contributed by atoms with van der Waals surface area (Å²) in [5.74, 6) is -0.103. The van der Waals surface area contributed by atoms with Crippen LogP contribution in [0.1, 0.15) is 12.5 Å². The van der Waals surface area contributed by atoms with Gasteiger partial charge in [-0.15, -0.1) is 0 Å². The van der Waals surface area contributed by atoms with Crippen LogP contribution in [0.2, 0.25) is 0 Å². The number of hydrogen-bond donors (Lipinski definition) is 2. The lowest BCUT2D eigenvalue weighted by Crippen LogP contribution is -2.42. The minimum Gasteiger partial charge on any atom is -0.508 e. The summed E-state index contributed by atoms with van der Waals surface area (Å²) in [7, 11) is 1.37. The summed E-state index contributed by atoms with van der Waals surface area (Å²) in [6.45, 7) is 1.79. The second-order valence-electron chi connectivity index (χ2n) is 3.97. The van der Waals surface area contributed by atoms with Gasteiger partial charge >= 0.3 is 5.97 Å². The van der Waals surface area contributed by atoms with E-state index in [0.29, 0.717) is 6.42 Å². The summed E-state index contributed by atoms with van der Waals surface area (Å²) < 4.78 is 4.73. The molecule has 2 rings (SSSR count). The van der Waals surface area contributed by atoms with Crippen LogP contribution in [0.3, 0.4) is 0 Å². The fourth-order valence-electron chi connectivity index (χ4n) is 1.91. The Balaban J connectivity index is 2.32. The lowest BCUT2D eigenvalue weighted by atomic mass is 9.98. The van der Waals surface area contributed by atoms with Gasteiger partial charge in [0.05, 0.1) is 7.11 Å². The van der Waals surface area contributed by atoms with Crippen LogP contribution in [-0.2, 0) is 16.0 Å². The average molecular weight is 207 g/mol. The Hall–Kier alpha value is -1.71. The Morgan fingerprint density at radius 2 is 2.33 bits per heavy atom. The first-order chi connectivity index (χ1) is 7.05. The number of carbonyl (C=O) groups excluding carboxylic acids is 1. The van der Waals surface area contributed by atoms with E-state index in [1.807, 2.05) is 6.07 Å². The Morgan fingerprint density at radius 3 is 3.00 bits per heavy atom. The minimum absolute atomic E-state index is 0.190. The highest BCUT2D eigenvalue weighted by molar-refractivity contribution is 5.87. The number of anilines is 1. The zero-order chi connectivity index (χ0) is 11.1. The summed E-state index contributed by atoms with van der Waals surface area (Å²) >= 11 is 0. The van der Waals surface area contributed by atoms with Crippen molar-refractivity contribution in [3.8, 4) is 5.75 Å². The molecule has 0 spiro atoms. The molecule has 4 heteroatoms. The van der Waals surface area contributed by atoms with E-state index in [0.717, 1.165) is 11.3 Å². The maximum Gasteiger partial charge on any atom is 0.331 e. The molecule has 1 heterocycles. The normalized spacial score (nSPS) is 23.1. The molecule has 1 aromatic carbocycles. The second kappa shape index (κ2) is 3.15. The third kappa shape index (κ3) is 1.52. The van der Waals surface area contributed by atoms with E-state index < -0.39 is 5.54 Å². The summed E-state index contributed by atoms with van der Waals surface area (Å²) in [6.07, 6.45) is 0.579. The van der Waals surface area contributed by atoms with Gasteiger partial charge in [0.2, 0.25) is 0 Å². The number of aromatic hydroxyl groups is 1. The summed E-state index contributed by atoms with van der Waals surface area (Å²) in [5, 5.41) is 12.4. The standard InChI is InChI=1S/C11H13NO3/c1-11(10(14)15-2)6-7-3-4-8(13)5-9(7)12-11/h3-5,12-13H,6H2,1-2H3. The third-order valence-corrected chi connectivity index (χ3v) is 2.68. The molecule has 0 aromatic heterocycles. The molecule has 0 saturated carbocycles. The molecule has 0 aliphatic carbocycles. The Labute approximate surface area is 87.9 Å². The van der Waals surface area contributed by atoms with Crippen LogP contribution < -0.4 is 5.32 Å². The van der Waals surface area contributed by atoms with Crippen molar-refractivity contribution in [1.82, 2.24) is 0 Å². The number of hydrogen-bond acceptors (Lipinski definition) is 4. The number of rotatable bonds is 1. The topological polar surface area (TPSA) is 58.6 Å². The van der Waals surface area contributed by atoms with Crippen LogP contribution in [0.5, 0.6) is 5.75 Å². The van der Waals surface area contributed by atoms with E-state index >= 15 is 0 Å². The Bertz CT molecular complexity index is 416. The number of fused-ring (bicyclic) bond motifs is 1. The average Bonchev–Trinajstić information content (AvgIpc) is 2.53. The highest BCUT2D eigenvalue weighted by atomic mass is 16.5. The van der Waals surface area contributed by atoms with Gasteiger partial charge in [-0.25, -0.2) is 4.79 Å². The predicted octanol–water partition coefficient (Wildman–Crippen LogP) is 1.29. The van der Waals surface area contributed by atoms with Crippen molar-refractivity contribution < 1.29 is 14.6 Å². The van der Waals surface area contributed by atoms with E-state index in [4.69, 9.17) is 4.74 Å². The Morgan fingerprint density at radius 1 is 1.60 bits per heavy atom. The molecule has 80 valence electrons. The van der Waals surface area contributed by atoms with E-state index in [9.17, 15) is 9.90 Å². The SMILES string of the molecule is COC(=O)C1(C)Cc2ccc(O)cc2N1. The Kier molecular flexibility index (Phi) is 2.07. The molecule has 15 heavy (non-hydrogen) atoms. The molecule has 1 atom stereocenters. The quantitative estimate of drug-likeness (QED) is 0.681. The van der Waals surface area contributed by atoms with E-state index in [-0.39, 0.29) is 11.7 Å². The zero-order valence-corrected chi connectivity index (χ0v) is 8.70. The van der Waals surface area contributed by atoms with Crippen molar-refractivity contribution in [2.75, 3.05) is 12.4 Å². The van der Waals surface area contributed by atoms with Gasteiger partial charge in [-0.1, -0.05) is 6.07 Å². The highest BCUT2D eigenvalue weighted by Crippen LogP contribution is 2.35. The van der Waals surface area contributed by atoms with E-state index in [1.54, 1.807) is 19.1 Å². The molecule has 1 aromatic rings. The van der Waals surface area contributed by atoms with Crippen LogP contribution in [-0.4, -0.2) is 23.7 Å². The predicted molar refractivity (Wildman–Crippen MR) is 55.9 cm³/mol.